The molecule has 0 fully saturated rings. The first-order valence-electron chi connectivity index (χ1n) is 6.46. The number of thioether (sulfide) groups is 1. The Hall–Kier alpha value is -0.430. The van der Waals surface area contributed by atoms with E-state index in [0.717, 1.165) is 20.3 Å². The maximum absolute atomic E-state index is 14.7. The van der Waals surface area contributed by atoms with Crippen molar-refractivity contribution in [1.82, 2.24) is 0 Å². The Labute approximate surface area is 152 Å². The highest BCUT2D eigenvalue weighted by Crippen LogP contribution is 2.43. The molecule has 0 bridgehead atoms. The van der Waals surface area contributed by atoms with Gasteiger partial charge in [0, 0.05) is 25.4 Å². The molecule has 0 radical (unpaired) electrons. The average Bonchev–Trinajstić information content (AvgIpc) is 2.84. The molecule has 0 saturated carbocycles. The lowest BCUT2D eigenvalue weighted by Crippen LogP contribution is -1.99. The maximum Gasteiger partial charge on any atom is 0.128 e. The minimum absolute atomic E-state index is 0.284. The molecule has 0 saturated heterocycles. The summed E-state index contributed by atoms with van der Waals surface area (Å²) in [7, 11) is 0. The van der Waals surface area contributed by atoms with Gasteiger partial charge in [0.05, 0.1) is 4.88 Å². The molecular weight excluding hydrogens is 454 g/mol. The predicted molar refractivity (Wildman–Crippen MR) is 99.2 cm³/mol. The summed E-state index contributed by atoms with van der Waals surface area (Å²) in [5, 5.41) is 3.80. The Morgan fingerprint density at radius 1 is 1.18 bits per heavy atom. The molecule has 1 aliphatic carbocycles. The number of hydrogen-bond donors (Lipinski definition) is 0. The van der Waals surface area contributed by atoms with E-state index in [9.17, 15) is 8.78 Å². The molecule has 1 aliphatic heterocycles. The second kappa shape index (κ2) is 6.99. The van der Waals surface area contributed by atoms with Crippen LogP contribution >= 0.6 is 55.0 Å². The van der Waals surface area contributed by atoms with E-state index in [1.54, 1.807) is 0 Å². The first-order valence-corrected chi connectivity index (χ1v) is 9.81. The van der Waals surface area contributed by atoms with Gasteiger partial charge in [0.2, 0.25) is 0 Å². The van der Waals surface area contributed by atoms with E-state index < -0.39 is 17.6 Å². The maximum atomic E-state index is 14.7. The normalized spacial score (nSPS) is 22.2. The van der Waals surface area contributed by atoms with Gasteiger partial charge >= 0.3 is 0 Å². The molecule has 2 aliphatic rings. The Morgan fingerprint density at radius 2 is 2.00 bits per heavy atom. The van der Waals surface area contributed by atoms with E-state index in [4.69, 9.17) is 0 Å². The molecule has 0 amide bonds. The smallest absolute Gasteiger partial charge is 0.128 e. The summed E-state index contributed by atoms with van der Waals surface area (Å²) in [6.07, 6.45) is 6.96. The summed E-state index contributed by atoms with van der Waals surface area (Å²) in [5.41, 5.74) is 0.284. The third kappa shape index (κ3) is 3.40. The predicted octanol–water partition coefficient (Wildman–Crippen LogP) is 7.49. The van der Waals surface area contributed by atoms with Crippen LogP contribution in [0.15, 0.2) is 66.7 Å². The van der Waals surface area contributed by atoms with Crippen LogP contribution in [0.2, 0.25) is 0 Å². The Kier molecular flexibility index (Phi) is 5.22. The van der Waals surface area contributed by atoms with E-state index in [-0.39, 0.29) is 5.57 Å². The lowest BCUT2D eigenvalue weighted by Gasteiger charge is -2.16. The van der Waals surface area contributed by atoms with Gasteiger partial charge in [-0.2, -0.15) is 0 Å². The molecular formula is C16H10Br2F2S2. The number of allylic oxidation sites excluding steroid dienone is 9. The molecule has 0 spiro atoms. The fraction of sp³-hybridized carbons (Fsp3) is 0.125. The molecule has 3 rings (SSSR count). The molecule has 0 aromatic carbocycles. The minimum atomic E-state index is -0.424. The van der Waals surface area contributed by atoms with Gasteiger partial charge in [0.1, 0.15) is 11.7 Å². The van der Waals surface area contributed by atoms with E-state index >= 15 is 0 Å². The van der Waals surface area contributed by atoms with Crippen molar-refractivity contribution < 1.29 is 8.78 Å². The molecule has 1 unspecified atom stereocenters. The second-order valence-electron chi connectivity index (χ2n) is 4.71. The number of thiophene rings is 1. The van der Waals surface area contributed by atoms with Crippen molar-refractivity contribution in [3.8, 4) is 0 Å². The van der Waals surface area contributed by atoms with Crippen molar-refractivity contribution in [2.24, 2.45) is 5.92 Å². The van der Waals surface area contributed by atoms with Crippen LogP contribution in [0, 0.1) is 5.92 Å². The lowest BCUT2D eigenvalue weighted by atomic mass is 10.1. The van der Waals surface area contributed by atoms with Crippen LogP contribution in [0.5, 0.6) is 0 Å². The highest BCUT2D eigenvalue weighted by atomic mass is 79.9. The van der Waals surface area contributed by atoms with Crippen LogP contribution in [-0.2, 0) is 0 Å². The minimum Gasteiger partial charge on any atom is -0.207 e. The van der Waals surface area contributed by atoms with Crippen LogP contribution in [-0.4, -0.2) is 0 Å². The molecule has 114 valence electrons. The topological polar surface area (TPSA) is 0 Å². The van der Waals surface area contributed by atoms with Crippen LogP contribution in [0.25, 0.3) is 5.57 Å². The van der Waals surface area contributed by atoms with E-state index in [0.29, 0.717) is 4.88 Å². The number of hydrogen-bond acceptors (Lipinski definition) is 2. The number of rotatable bonds is 2. The fourth-order valence-corrected chi connectivity index (χ4v) is 5.41. The van der Waals surface area contributed by atoms with Crippen molar-refractivity contribution in [2.45, 2.75) is 6.42 Å². The summed E-state index contributed by atoms with van der Waals surface area (Å²) in [6, 6.07) is 1.83. The largest absolute Gasteiger partial charge is 0.207 e. The zero-order chi connectivity index (χ0) is 15.7. The van der Waals surface area contributed by atoms with Gasteiger partial charge in [-0.15, -0.1) is 23.1 Å². The molecule has 2 heterocycles. The zero-order valence-electron chi connectivity index (χ0n) is 11.2. The second-order valence-corrected chi connectivity index (χ2v) is 8.39. The highest BCUT2D eigenvalue weighted by molar-refractivity contribution is 9.11. The first-order chi connectivity index (χ1) is 10.6. The molecule has 1 aromatic heterocycles. The summed E-state index contributed by atoms with van der Waals surface area (Å²) in [5.74, 6) is -1.23. The van der Waals surface area contributed by atoms with Crippen LogP contribution in [0.1, 0.15) is 11.3 Å². The van der Waals surface area contributed by atoms with E-state index in [2.05, 4.69) is 31.9 Å². The summed E-state index contributed by atoms with van der Waals surface area (Å²) >= 11 is 9.76. The van der Waals surface area contributed by atoms with E-state index in [1.807, 2.05) is 22.9 Å². The van der Waals surface area contributed by atoms with Gasteiger partial charge in [-0.1, -0.05) is 22.0 Å². The van der Waals surface area contributed by atoms with Crippen molar-refractivity contribution in [2.75, 3.05) is 0 Å². The summed E-state index contributed by atoms with van der Waals surface area (Å²) in [4.78, 5) is 1.62. The molecule has 1 aromatic rings. The van der Waals surface area contributed by atoms with Crippen molar-refractivity contribution in [3.05, 3.63) is 71.5 Å². The quantitative estimate of drug-likeness (QED) is 0.437. The fourth-order valence-electron chi connectivity index (χ4n) is 2.23. The number of halogens is 4. The van der Waals surface area contributed by atoms with Gasteiger partial charge in [0.25, 0.3) is 0 Å². The van der Waals surface area contributed by atoms with Crippen molar-refractivity contribution in [3.63, 3.8) is 0 Å². The third-order valence-corrected chi connectivity index (χ3v) is 7.21. The molecule has 0 N–H and O–H groups in total. The van der Waals surface area contributed by atoms with Gasteiger partial charge in [-0.05, 0) is 57.4 Å². The molecule has 0 nitrogen and oxygen atoms in total. The highest BCUT2D eigenvalue weighted by Gasteiger charge is 2.23. The van der Waals surface area contributed by atoms with E-state index in [1.165, 1.54) is 41.3 Å². The van der Waals surface area contributed by atoms with Gasteiger partial charge in [-0.25, -0.2) is 8.78 Å². The molecule has 22 heavy (non-hydrogen) atoms. The van der Waals surface area contributed by atoms with Crippen molar-refractivity contribution >= 4 is 60.5 Å². The van der Waals surface area contributed by atoms with Crippen LogP contribution in [0.3, 0.4) is 0 Å². The summed E-state index contributed by atoms with van der Waals surface area (Å²) < 4.78 is 30.6. The van der Waals surface area contributed by atoms with Crippen LogP contribution in [0.4, 0.5) is 8.78 Å². The van der Waals surface area contributed by atoms with Crippen molar-refractivity contribution in [1.29, 1.82) is 0 Å². The Bertz CT molecular complexity index is 754. The van der Waals surface area contributed by atoms with Crippen LogP contribution < -0.4 is 0 Å². The zero-order valence-corrected chi connectivity index (χ0v) is 16.0. The third-order valence-electron chi connectivity index (χ3n) is 3.22. The SMILES string of the molecule is FC1=CC(C2=C(Br)CC=CS2)C=C(F)C(c2sccc2Br)=C1. The standard InChI is InChI=1S/C16H10Br2F2S2/c17-12-2-1-4-21-15(12)9-6-10(19)8-11(14(20)7-9)16-13(18)3-5-22-16/h1,3-9H,2H2. The monoisotopic (exact) mass is 462 g/mol. The van der Waals surface area contributed by atoms with Gasteiger partial charge in [0.15, 0.2) is 0 Å². The Morgan fingerprint density at radius 3 is 2.68 bits per heavy atom. The first kappa shape index (κ1) is 16.4. The average molecular weight is 464 g/mol. The van der Waals surface area contributed by atoms with Gasteiger partial charge < -0.3 is 0 Å². The Balaban J connectivity index is 2.02. The lowest BCUT2D eigenvalue weighted by molar-refractivity contribution is 0.658. The summed E-state index contributed by atoms with van der Waals surface area (Å²) in [6.45, 7) is 0. The molecule has 1 atom stereocenters. The van der Waals surface area contributed by atoms with Gasteiger partial charge in [-0.3, -0.25) is 0 Å². The molecule has 6 heteroatoms.